The number of nitro benzene ring substituents is 1. The van der Waals surface area contributed by atoms with Crippen LogP contribution in [0.1, 0.15) is 32.1 Å². The van der Waals surface area contributed by atoms with Gasteiger partial charge in [-0.25, -0.2) is 4.98 Å². The first kappa shape index (κ1) is 12.9. The highest BCUT2D eigenvalue weighted by Gasteiger charge is 2.14. The summed E-state index contributed by atoms with van der Waals surface area (Å²) in [6.07, 6.45) is 6.54. The highest BCUT2D eigenvalue weighted by molar-refractivity contribution is 5.79. The van der Waals surface area contributed by atoms with Gasteiger partial charge in [0.25, 0.3) is 5.69 Å². The summed E-state index contributed by atoms with van der Waals surface area (Å²) in [5.41, 5.74) is 1.53. The van der Waals surface area contributed by atoms with Crippen LogP contribution >= 0.6 is 0 Å². The van der Waals surface area contributed by atoms with Gasteiger partial charge < -0.3 is 10.3 Å². The van der Waals surface area contributed by atoms with Crippen LogP contribution in [0.3, 0.4) is 0 Å². The number of hydrogen-bond acceptors (Lipinski definition) is 4. The van der Waals surface area contributed by atoms with E-state index in [1.54, 1.807) is 6.07 Å². The maximum absolute atomic E-state index is 10.7. The summed E-state index contributed by atoms with van der Waals surface area (Å²) in [5.74, 6) is 1.41. The molecule has 2 aromatic rings. The van der Waals surface area contributed by atoms with Crippen LogP contribution in [-0.4, -0.2) is 21.4 Å². The second-order valence-corrected chi connectivity index (χ2v) is 5.43. The molecule has 0 spiro atoms. The number of fused-ring (bicyclic) bond motifs is 1. The molecule has 1 aliphatic rings. The summed E-state index contributed by atoms with van der Waals surface area (Å²) in [7, 11) is 0. The fourth-order valence-electron chi connectivity index (χ4n) is 2.83. The van der Waals surface area contributed by atoms with Crippen molar-refractivity contribution in [1.29, 1.82) is 0 Å². The lowest BCUT2D eigenvalue weighted by Crippen LogP contribution is -2.17. The van der Waals surface area contributed by atoms with E-state index < -0.39 is 4.92 Å². The minimum Gasteiger partial charge on any atom is -0.356 e. The van der Waals surface area contributed by atoms with Gasteiger partial charge in [-0.1, -0.05) is 19.3 Å². The summed E-state index contributed by atoms with van der Waals surface area (Å²) < 4.78 is 0. The molecule has 1 aliphatic carbocycles. The van der Waals surface area contributed by atoms with E-state index in [0.717, 1.165) is 12.1 Å². The fraction of sp³-hybridized carbons (Fsp3) is 0.500. The molecule has 0 unspecified atom stereocenters. The third kappa shape index (κ3) is 2.74. The normalized spacial score (nSPS) is 16.4. The van der Waals surface area contributed by atoms with Crippen molar-refractivity contribution in [1.82, 2.24) is 9.97 Å². The molecule has 0 atom stereocenters. The molecular weight excluding hydrogens is 256 g/mol. The van der Waals surface area contributed by atoms with Crippen LogP contribution in [0.5, 0.6) is 0 Å². The van der Waals surface area contributed by atoms with Gasteiger partial charge in [0.05, 0.1) is 16.0 Å². The molecule has 1 heterocycles. The molecule has 20 heavy (non-hydrogen) atoms. The minimum absolute atomic E-state index is 0.0833. The Labute approximate surface area is 116 Å². The molecule has 1 fully saturated rings. The van der Waals surface area contributed by atoms with Crippen molar-refractivity contribution >= 4 is 22.7 Å². The highest BCUT2D eigenvalue weighted by Crippen LogP contribution is 2.24. The predicted molar refractivity (Wildman–Crippen MR) is 77.8 cm³/mol. The molecular formula is C14H18N4O2. The Balaban J connectivity index is 1.70. The van der Waals surface area contributed by atoms with Gasteiger partial charge in [-0.3, -0.25) is 10.1 Å². The second-order valence-electron chi connectivity index (χ2n) is 5.43. The van der Waals surface area contributed by atoms with E-state index in [1.165, 1.54) is 44.2 Å². The average molecular weight is 274 g/mol. The zero-order valence-electron chi connectivity index (χ0n) is 11.3. The Bertz CT molecular complexity index is 617. The molecule has 6 nitrogen and oxygen atoms in total. The summed E-state index contributed by atoms with van der Waals surface area (Å²) in [6, 6.07) is 4.68. The quantitative estimate of drug-likeness (QED) is 0.660. The van der Waals surface area contributed by atoms with E-state index in [1.807, 2.05) is 0 Å². The van der Waals surface area contributed by atoms with Crippen molar-refractivity contribution < 1.29 is 4.92 Å². The molecule has 106 valence electrons. The molecule has 2 N–H and O–H groups in total. The number of H-pyrrole nitrogens is 1. The molecule has 0 saturated heterocycles. The van der Waals surface area contributed by atoms with Crippen LogP contribution in [0.4, 0.5) is 11.6 Å². The summed E-state index contributed by atoms with van der Waals surface area (Å²) in [5, 5.41) is 14.1. The zero-order chi connectivity index (χ0) is 13.9. The third-order valence-electron chi connectivity index (χ3n) is 3.96. The summed E-state index contributed by atoms with van der Waals surface area (Å²) >= 11 is 0. The average Bonchev–Trinajstić information content (AvgIpc) is 2.88. The van der Waals surface area contributed by atoms with E-state index in [4.69, 9.17) is 0 Å². The Kier molecular flexibility index (Phi) is 3.54. The van der Waals surface area contributed by atoms with E-state index >= 15 is 0 Å². The number of benzene rings is 1. The number of hydrogen-bond donors (Lipinski definition) is 2. The first-order chi connectivity index (χ1) is 9.72. The number of nitro groups is 1. The number of anilines is 1. The molecule has 0 amide bonds. The number of nitrogens with one attached hydrogen (secondary N) is 2. The number of nitrogens with zero attached hydrogens (tertiary/aromatic N) is 2. The van der Waals surface area contributed by atoms with Crippen LogP contribution in [0.2, 0.25) is 0 Å². The predicted octanol–water partition coefficient (Wildman–Crippen LogP) is 3.46. The van der Waals surface area contributed by atoms with Crippen LogP contribution in [0.25, 0.3) is 11.0 Å². The van der Waals surface area contributed by atoms with Crippen LogP contribution in [0.15, 0.2) is 18.2 Å². The minimum atomic E-state index is -0.393. The van der Waals surface area contributed by atoms with Crippen LogP contribution in [-0.2, 0) is 0 Å². The van der Waals surface area contributed by atoms with E-state index in [9.17, 15) is 10.1 Å². The number of aromatic nitrogens is 2. The lowest BCUT2D eigenvalue weighted by Gasteiger charge is -2.21. The van der Waals surface area contributed by atoms with Crippen molar-refractivity contribution in [2.45, 2.75) is 32.1 Å². The van der Waals surface area contributed by atoms with Gasteiger partial charge in [-0.05, 0) is 24.8 Å². The maximum Gasteiger partial charge on any atom is 0.271 e. The van der Waals surface area contributed by atoms with Crippen molar-refractivity contribution in [2.24, 2.45) is 5.92 Å². The lowest BCUT2D eigenvalue weighted by molar-refractivity contribution is -0.384. The van der Waals surface area contributed by atoms with Gasteiger partial charge in [0.15, 0.2) is 0 Å². The Hall–Kier alpha value is -2.11. The van der Waals surface area contributed by atoms with Crippen molar-refractivity contribution in [3.05, 3.63) is 28.3 Å². The van der Waals surface area contributed by atoms with Crippen LogP contribution in [0, 0.1) is 16.0 Å². The van der Waals surface area contributed by atoms with E-state index in [0.29, 0.717) is 17.4 Å². The van der Waals surface area contributed by atoms with Gasteiger partial charge in [0, 0.05) is 18.7 Å². The first-order valence-electron chi connectivity index (χ1n) is 7.10. The van der Waals surface area contributed by atoms with Crippen molar-refractivity contribution in [2.75, 3.05) is 11.9 Å². The first-order valence-corrected chi connectivity index (χ1v) is 7.10. The van der Waals surface area contributed by atoms with Crippen molar-refractivity contribution in [3.63, 3.8) is 0 Å². The van der Waals surface area contributed by atoms with Crippen molar-refractivity contribution in [3.8, 4) is 0 Å². The molecule has 0 bridgehead atoms. The fourth-order valence-corrected chi connectivity index (χ4v) is 2.83. The zero-order valence-corrected chi connectivity index (χ0v) is 11.3. The van der Waals surface area contributed by atoms with Gasteiger partial charge in [-0.2, -0.15) is 0 Å². The number of non-ortho nitro benzene ring substituents is 1. The maximum atomic E-state index is 10.7. The lowest BCUT2D eigenvalue weighted by atomic mass is 9.89. The molecule has 0 aliphatic heterocycles. The van der Waals surface area contributed by atoms with Gasteiger partial charge in [0.1, 0.15) is 0 Å². The highest BCUT2D eigenvalue weighted by atomic mass is 16.6. The second kappa shape index (κ2) is 5.48. The Morgan fingerprint density at radius 3 is 2.90 bits per heavy atom. The van der Waals surface area contributed by atoms with Crippen LogP contribution < -0.4 is 5.32 Å². The van der Waals surface area contributed by atoms with E-state index in [2.05, 4.69) is 15.3 Å². The number of aromatic amines is 1. The van der Waals surface area contributed by atoms with Gasteiger partial charge in [-0.15, -0.1) is 0 Å². The van der Waals surface area contributed by atoms with Gasteiger partial charge >= 0.3 is 0 Å². The van der Waals surface area contributed by atoms with Gasteiger partial charge in [0.2, 0.25) is 5.95 Å². The number of rotatable bonds is 4. The molecule has 3 rings (SSSR count). The molecule has 0 radical (unpaired) electrons. The SMILES string of the molecule is O=[N+]([O-])c1ccc2nc(NCC3CCCCC3)[nH]c2c1. The third-order valence-corrected chi connectivity index (χ3v) is 3.96. The summed E-state index contributed by atoms with van der Waals surface area (Å²) in [6.45, 7) is 0.919. The summed E-state index contributed by atoms with van der Waals surface area (Å²) in [4.78, 5) is 17.9. The Morgan fingerprint density at radius 2 is 2.15 bits per heavy atom. The topological polar surface area (TPSA) is 83.8 Å². The number of imidazole rings is 1. The monoisotopic (exact) mass is 274 g/mol. The van der Waals surface area contributed by atoms with E-state index in [-0.39, 0.29) is 5.69 Å². The smallest absolute Gasteiger partial charge is 0.271 e. The Morgan fingerprint density at radius 1 is 1.35 bits per heavy atom. The molecule has 1 aromatic heterocycles. The molecule has 6 heteroatoms. The standard InChI is InChI=1S/C14H18N4O2/c19-18(20)11-6-7-12-13(8-11)17-14(16-12)15-9-10-4-2-1-3-5-10/h6-8,10H,1-5,9H2,(H2,15,16,17). The molecule has 1 aromatic carbocycles. The molecule has 1 saturated carbocycles. The largest absolute Gasteiger partial charge is 0.356 e.